The number of aromatic nitrogens is 1. The van der Waals surface area contributed by atoms with Crippen molar-refractivity contribution in [2.75, 3.05) is 13.3 Å². The van der Waals surface area contributed by atoms with Crippen molar-refractivity contribution in [1.82, 2.24) is 9.88 Å². The number of amides is 1. The van der Waals surface area contributed by atoms with Gasteiger partial charge in [0.2, 0.25) is 0 Å². The molecule has 21 heavy (non-hydrogen) atoms. The monoisotopic (exact) mass is 330 g/mol. The number of pyridine rings is 1. The Morgan fingerprint density at radius 1 is 1.33 bits per heavy atom. The summed E-state index contributed by atoms with van der Waals surface area (Å²) in [5.41, 5.74) is 0.416. The molecule has 0 spiro atoms. The molecule has 2 rings (SSSR count). The van der Waals surface area contributed by atoms with E-state index in [1.165, 1.54) is 17.4 Å². The molecule has 0 aliphatic heterocycles. The summed E-state index contributed by atoms with van der Waals surface area (Å²) >= 11 is 5.71. The van der Waals surface area contributed by atoms with Crippen LogP contribution in [0.4, 0.5) is 0 Å². The van der Waals surface area contributed by atoms with Crippen LogP contribution in [0.25, 0.3) is 0 Å². The molecule has 7 heteroatoms. The highest BCUT2D eigenvalue weighted by Crippen LogP contribution is 2.28. The van der Waals surface area contributed by atoms with Crippen molar-refractivity contribution >= 4 is 27.3 Å². The third kappa shape index (κ3) is 3.74. The van der Waals surface area contributed by atoms with E-state index < -0.39 is 15.1 Å². The summed E-state index contributed by atoms with van der Waals surface area (Å²) in [5.74, 6) is -0.222. The summed E-state index contributed by atoms with van der Waals surface area (Å²) < 4.78 is 23.9. The molecule has 0 N–H and O–H groups in total. The number of hydrogen-bond acceptors (Lipinski definition) is 4. The third-order valence-electron chi connectivity index (χ3n) is 4.01. The molecule has 1 aliphatic rings. The molecule has 1 heterocycles. The average Bonchev–Trinajstić information content (AvgIpc) is 2.45. The topological polar surface area (TPSA) is 67.3 Å². The van der Waals surface area contributed by atoms with Crippen molar-refractivity contribution in [3.63, 3.8) is 0 Å². The van der Waals surface area contributed by atoms with Crippen molar-refractivity contribution in [2.45, 2.75) is 37.0 Å². The fourth-order valence-electron chi connectivity index (χ4n) is 2.88. The first-order valence-electron chi connectivity index (χ1n) is 6.88. The van der Waals surface area contributed by atoms with Gasteiger partial charge < -0.3 is 4.90 Å². The lowest BCUT2D eigenvalue weighted by atomic mass is 9.93. The van der Waals surface area contributed by atoms with E-state index in [-0.39, 0.29) is 11.9 Å². The van der Waals surface area contributed by atoms with Crippen LogP contribution in [-0.4, -0.2) is 48.8 Å². The molecule has 5 nitrogen and oxygen atoms in total. The van der Waals surface area contributed by atoms with Crippen molar-refractivity contribution in [1.29, 1.82) is 0 Å². The second-order valence-corrected chi connectivity index (χ2v) is 8.16. The molecular weight excluding hydrogens is 312 g/mol. The first kappa shape index (κ1) is 16.2. The van der Waals surface area contributed by atoms with Gasteiger partial charge in [0.1, 0.15) is 5.15 Å². The van der Waals surface area contributed by atoms with Gasteiger partial charge in [-0.1, -0.05) is 24.4 Å². The highest BCUT2D eigenvalue weighted by Gasteiger charge is 2.37. The summed E-state index contributed by atoms with van der Waals surface area (Å²) in [6.07, 6.45) is 5.81. The van der Waals surface area contributed by atoms with Crippen LogP contribution in [0.3, 0.4) is 0 Å². The van der Waals surface area contributed by atoms with E-state index in [1.807, 2.05) is 0 Å². The molecule has 0 bridgehead atoms. The Balaban J connectivity index is 2.22. The molecule has 1 amide bonds. The van der Waals surface area contributed by atoms with Gasteiger partial charge >= 0.3 is 0 Å². The molecule has 0 radical (unpaired) electrons. The van der Waals surface area contributed by atoms with E-state index in [4.69, 9.17) is 11.6 Å². The minimum absolute atomic E-state index is 0.222. The zero-order valence-corrected chi connectivity index (χ0v) is 13.7. The van der Waals surface area contributed by atoms with Crippen LogP contribution in [0.2, 0.25) is 5.15 Å². The average molecular weight is 331 g/mol. The van der Waals surface area contributed by atoms with Gasteiger partial charge in [0.15, 0.2) is 9.84 Å². The Morgan fingerprint density at radius 3 is 2.57 bits per heavy atom. The molecule has 0 saturated heterocycles. The summed E-state index contributed by atoms with van der Waals surface area (Å²) in [6.45, 7) is 0. The first-order chi connectivity index (χ1) is 9.80. The Hall–Kier alpha value is -1.14. The van der Waals surface area contributed by atoms with E-state index in [1.54, 1.807) is 19.2 Å². The fraction of sp³-hybridized carbons (Fsp3) is 0.571. The number of carbonyl (C=O) groups is 1. The molecule has 1 aromatic rings. The quantitative estimate of drug-likeness (QED) is 0.796. The Bertz CT molecular complexity index is 616. The van der Waals surface area contributed by atoms with Crippen molar-refractivity contribution in [3.05, 3.63) is 29.0 Å². The van der Waals surface area contributed by atoms with Gasteiger partial charge in [0, 0.05) is 25.5 Å². The standard InChI is InChI=1S/C14H19ClN2O3S/c1-17(14(18)10-7-8-13(15)16-9-10)11-5-3-4-6-12(11)21(2,19)20/h7-9,11-12H,3-6H2,1-2H3/t11-,12-/m0/s1. The normalized spacial score (nSPS) is 22.8. The zero-order chi connectivity index (χ0) is 15.6. The van der Waals surface area contributed by atoms with Crippen LogP contribution in [0, 0.1) is 0 Å². The Morgan fingerprint density at radius 2 is 2.00 bits per heavy atom. The fourth-order valence-corrected chi connectivity index (χ4v) is 4.47. The van der Waals surface area contributed by atoms with Gasteiger partial charge in [-0.05, 0) is 25.0 Å². The number of halogens is 1. The number of sulfone groups is 1. The van der Waals surface area contributed by atoms with Gasteiger partial charge in [0.25, 0.3) is 5.91 Å². The van der Waals surface area contributed by atoms with E-state index in [9.17, 15) is 13.2 Å². The van der Waals surface area contributed by atoms with Crippen molar-refractivity contribution in [2.24, 2.45) is 0 Å². The largest absolute Gasteiger partial charge is 0.337 e. The minimum Gasteiger partial charge on any atom is -0.337 e. The molecule has 1 fully saturated rings. The van der Waals surface area contributed by atoms with Gasteiger partial charge in [-0.25, -0.2) is 13.4 Å². The molecule has 0 aromatic carbocycles. The molecule has 1 aliphatic carbocycles. The Labute approximate surface area is 130 Å². The molecule has 116 valence electrons. The maximum atomic E-state index is 12.5. The lowest BCUT2D eigenvalue weighted by molar-refractivity contribution is 0.0700. The lowest BCUT2D eigenvalue weighted by Crippen LogP contribution is -2.49. The zero-order valence-electron chi connectivity index (χ0n) is 12.1. The summed E-state index contributed by atoms with van der Waals surface area (Å²) in [5, 5.41) is -0.165. The van der Waals surface area contributed by atoms with Crippen LogP contribution >= 0.6 is 11.6 Å². The molecule has 1 aromatic heterocycles. The molecular formula is C14H19ClN2O3S. The van der Waals surface area contributed by atoms with E-state index >= 15 is 0 Å². The second-order valence-electron chi connectivity index (χ2n) is 5.51. The maximum Gasteiger partial charge on any atom is 0.255 e. The first-order valence-corrected chi connectivity index (χ1v) is 9.21. The highest BCUT2D eigenvalue weighted by molar-refractivity contribution is 7.91. The van der Waals surface area contributed by atoms with Crippen LogP contribution in [0.1, 0.15) is 36.0 Å². The van der Waals surface area contributed by atoms with Gasteiger partial charge in [-0.15, -0.1) is 0 Å². The van der Waals surface area contributed by atoms with Crippen molar-refractivity contribution in [3.8, 4) is 0 Å². The summed E-state index contributed by atoms with van der Waals surface area (Å²) in [7, 11) is -1.52. The highest BCUT2D eigenvalue weighted by atomic mass is 35.5. The van der Waals surface area contributed by atoms with E-state index in [0.717, 1.165) is 12.8 Å². The van der Waals surface area contributed by atoms with Gasteiger partial charge in [-0.2, -0.15) is 0 Å². The van der Waals surface area contributed by atoms with Crippen LogP contribution in [0.15, 0.2) is 18.3 Å². The SMILES string of the molecule is CN(C(=O)c1ccc(Cl)nc1)[C@H]1CCCC[C@@H]1S(C)(=O)=O. The number of rotatable bonds is 3. The third-order valence-corrected chi connectivity index (χ3v) is 5.88. The number of nitrogens with zero attached hydrogens (tertiary/aromatic N) is 2. The number of hydrogen-bond donors (Lipinski definition) is 0. The smallest absolute Gasteiger partial charge is 0.255 e. The summed E-state index contributed by atoms with van der Waals surface area (Å²) in [4.78, 5) is 17.9. The second kappa shape index (κ2) is 6.32. The minimum atomic E-state index is -3.17. The summed E-state index contributed by atoms with van der Waals surface area (Å²) in [6, 6.07) is 2.88. The van der Waals surface area contributed by atoms with Crippen LogP contribution in [-0.2, 0) is 9.84 Å². The van der Waals surface area contributed by atoms with Gasteiger partial charge in [-0.3, -0.25) is 4.79 Å². The number of carbonyl (C=O) groups excluding carboxylic acids is 1. The molecule has 0 unspecified atom stereocenters. The van der Waals surface area contributed by atoms with Crippen LogP contribution < -0.4 is 0 Å². The Kier molecular flexibility index (Phi) is 4.88. The molecule has 2 atom stereocenters. The van der Waals surface area contributed by atoms with E-state index in [2.05, 4.69) is 4.98 Å². The molecule has 1 saturated carbocycles. The predicted molar refractivity (Wildman–Crippen MR) is 82.2 cm³/mol. The predicted octanol–water partition coefficient (Wildman–Crippen LogP) is 2.16. The van der Waals surface area contributed by atoms with E-state index in [0.29, 0.717) is 23.6 Å². The van der Waals surface area contributed by atoms with Crippen molar-refractivity contribution < 1.29 is 13.2 Å². The lowest BCUT2D eigenvalue weighted by Gasteiger charge is -2.36. The van der Waals surface area contributed by atoms with Crippen LogP contribution in [0.5, 0.6) is 0 Å². The maximum absolute atomic E-state index is 12.5. The van der Waals surface area contributed by atoms with Gasteiger partial charge in [0.05, 0.1) is 10.8 Å².